The third-order valence-electron chi connectivity index (χ3n) is 2.55. The Kier molecular flexibility index (Phi) is 10.9. The van der Waals surface area contributed by atoms with Crippen LogP contribution < -0.4 is 5.32 Å². The summed E-state index contributed by atoms with van der Waals surface area (Å²) in [6, 6.07) is -0.840. The number of nitrogens with one attached hydrogen (secondary N) is 1. The predicted octanol–water partition coefficient (Wildman–Crippen LogP) is 1.73. The largest absolute Gasteiger partial charge is 0.466 e. The van der Waals surface area contributed by atoms with E-state index in [4.69, 9.17) is 9.47 Å². The Morgan fingerprint density at radius 2 is 1.76 bits per heavy atom. The van der Waals surface area contributed by atoms with Crippen LogP contribution >= 0.6 is 0 Å². The van der Waals surface area contributed by atoms with Gasteiger partial charge in [0.05, 0.1) is 13.2 Å². The molecule has 0 aromatic carbocycles. The third-order valence-corrected chi connectivity index (χ3v) is 2.55. The number of hydrogen-bond acceptors (Lipinski definition) is 5. The molecule has 0 aliphatic rings. The molecule has 1 N–H and O–H groups in total. The molecule has 0 aliphatic heterocycles. The van der Waals surface area contributed by atoms with Crippen molar-refractivity contribution in [3.05, 3.63) is 12.2 Å². The van der Waals surface area contributed by atoms with Crippen molar-refractivity contribution in [1.82, 2.24) is 5.32 Å². The molecular weight excluding hydrogens is 274 g/mol. The lowest BCUT2D eigenvalue weighted by Crippen LogP contribution is -2.41. The fourth-order valence-electron chi connectivity index (χ4n) is 1.56. The van der Waals surface area contributed by atoms with Crippen molar-refractivity contribution in [2.75, 3.05) is 13.2 Å². The minimum atomic E-state index is -0.840. The maximum atomic E-state index is 11.8. The second-order valence-electron chi connectivity index (χ2n) is 4.35. The van der Waals surface area contributed by atoms with Crippen LogP contribution in [-0.2, 0) is 23.9 Å². The molecule has 0 saturated heterocycles. The molecule has 0 spiro atoms. The Balaban J connectivity index is 4.48. The first kappa shape index (κ1) is 19.1. The molecule has 0 rings (SSSR count). The molecule has 1 amide bonds. The number of allylic oxidation sites excluding steroid dienone is 1. The van der Waals surface area contributed by atoms with Crippen molar-refractivity contribution in [1.29, 1.82) is 0 Å². The zero-order valence-electron chi connectivity index (χ0n) is 13.0. The van der Waals surface area contributed by atoms with E-state index in [1.807, 2.05) is 6.92 Å². The standard InChI is InChI=1S/C15H25NO5/c1-4-7-8-9-13(17)16-12(15(19)21-6-3)10-11-14(18)20-5-2/h8-9,12H,4-7,10-11H2,1-3H3,(H,16,17)/b9-8+/t12-/m0/s1. The molecule has 6 nitrogen and oxygen atoms in total. The van der Waals surface area contributed by atoms with Crippen molar-refractivity contribution in [3.63, 3.8) is 0 Å². The van der Waals surface area contributed by atoms with E-state index in [-0.39, 0.29) is 32.0 Å². The lowest BCUT2D eigenvalue weighted by Gasteiger charge is -2.15. The zero-order chi connectivity index (χ0) is 16.1. The minimum absolute atomic E-state index is 0.0519. The van der Waals surface area contributed by atoms with Gasteiger partial charge in [0.25, 0.3) is 0 Å². The molecule has 0 unspecified atom stereocenters. The molecule has 0 saturated carbocycles. The number of carbonyl (C=O) groups is 3. The monoisotopic (exact) mass is 299 g/mol. The van der Waals surface area contributed by atoms with Gasteiger partial charge in [0.2, 0.25) is 5.91 Å². The van der Waals surface area contributed by atoms with E-state index in [1.54, 1.807) is 19.9 Å². The van der Waals surface area contributed by atoms with E-state index in [1.165, 1.54) is 6.08 Å². The summed E-state index contributed by atoms with van der Waals surface area (Å²) in [4.78, 5) is 34.8. The summed E-state index contributed by atoms with van der Waals surface area (Å²) >= 11 is 0. The molecule has 21 heavy (non-hydrogen) atoms. The van der Waals surface area contributed by atoms with Gasteiger partial charge in [0, 0.05) is 6.42 Å². The Morgan fingerprint density at radius 3 is 2.33 bits per heavy atom. The van der Waals surface area contributed by atoms with Crippen LogP contribution in [-0.4, -0.2) is 37.1 Å². The number of rotatable bonds is 10. The molecule has 0 aliphatic carbocycles. The van der Waals surface area contributed by atoms with Crippen LogP contribution in [0, 0.1) is 0 Å². The van der Waals surface area contributed by atoms with Crippen molar-refractivity contribution in [2.45, 2.75) is 52.5 Å². The highest BCUT2D eigenvalue weighted by atomic mass is 16.5. The highest BCUT2D eigenvalue weighted by Gasteiger charge is 2.22. The maximum absolute atomic E-state index is 11.8. The zero-order valence-corrected chi connectivity index (χ0v) is 13.0. The summed E-state index contributed by atoms with van der Waals surface area (Å²) in [5.74, 6) is -1.31. The number of amides is 1. The van der Waals surface area contributed by atoms with Gasteiger partial charge < -0.3 is 14.8 Å². The smallest absolute Gasteiger partial charge is 0.328 e. The molecule has 0 fully saturated rings. The number of ether oxygens (including phenoxy) is 2. The summed E-state index contributed by atoms with van der Waals surface area (Å²) < 4.78 is 9.69. The number of esters is 2. The fourth-order valence-corrected chi connectivity index (χ4v) is 1.56. The molecular formula is C15H25NO5. The maximum Gasteiger partial charge on any atom is 0.328 e. The van der Waals surface area contributed by atoms with Gasteiger partial charge in [0.1, 0.15) is 6.04 Å². The van der Waals surface area contributed by atoms with E-state index in [2.05, 4.69) is 5.32 Å². The molecule has 0 radical (unpaired) electrons. The normalized spacial score (nSPS) is 12.0. The quantitative estimate of drug-likeness (QED) is 0.491. The topological polar surface area (TPSA) is 81.7 Å². The first-order valence-corrected chi connectivity index (χ1v) is 7.34. The van der Waals surface area contributed by atoms with E-state index in [0.29, 0.717) is 0 Å². The molecule has 0 bridgehead atoms. The fraction of sp³-hybridized carbons (Fsp3) is 0.667. The second-order valence-corrected chi connectivity index (χ2v) is 4.35. The first-order chi connectivity index (χ1) is 10.0. The van der Waals surface area contributed by atoms with E-state index in [9.17, 15) is 14.4 Å². The van der Waals surface area contributed by atoms with Gasteiger partial charge in [-0.1, -0.05) is 19.4 Å². The molecule has 0 heterocycles. The van der Waals surface area contributed by atoms with E-state index >= 15 is 0 Å². The van der Waals surface area contributed by atoms with Gasteiger partial charge in [-0.15, -0.1) is 0 Å². The summed E-state index contributed by atoms with van der Waals surface area (Å²) in [7, 11) is 0. The number of unbranched alkanes of at least 4 members (excludes halogenated alkanes) is 1. The van der Waals surface area contributed by atoms with Crippen molar-refractivity contribution < 1.29 is 23.9 Å². The van der Waals surface area contributed by atoms with Crippen molar-refractivity contribution in [3.8, 4) is 0 Å². The molecule has 6 heteroatoms. The number of carbonyl (C=O) groups excluding carboxylic acids is 3. The van der Waals surface area contributed by atoms with E-state index < -0.39 is 18.0 Å². The van der Waals surface area contributed by atoms with Crippen LogP contribution in [0.5, 0.6) is 0 Å². The molecule has 0 aromatic heterocycles. The van der Waals surface area contributed by atoms with E-state index in [0.717, 1.165) is 12.8 Å². The van der Waals surface area contributed by atoms with Crippen LogP contribution in [0.25, 0.3) is 0 Å². The van der Waals surface area contributed by atoms with Gasteiger partial charge in [0.15, 0.2) is 0 Å². The summed E-state index contributed by atoms with van der Waals surface area (Å²) in [5, 5.41) is 2.55. The second kappa shape index (κ2) is 11.9. The lowest BCUT2D eigenvalue weighted by molar-refractivity contribution is -0.148. The summed E-state index contributed by atoms with van der Waals surface area (Å²) in [6.07, 6.45) is 5.07. The predicted molar refractivity (Wildman–Crippen MR) is 78.5 cm³/mol. The molecule has 120 valence electrons. The summed E-state index contributed by atoms with van der Waals surface area (Å²) in [6.45, 7) is 5.90. The van der Waals surface area contributed by atoms with Crippen LogP contribution in [0.4, 0.5) is 0 Å². The SMILES string of the molecule is CCC/C=C/C(=O)N[C@@H](CCC(=O)OCC)C(=O)OCC. The lowest BCUT2D eigenvalue weighted by atomic mass is 10.1. The van der Waals surface area contributed by atoms with Crippen LogP contribution in [0.1, 0.15) is 46.5 Å². The van der Waals surface area contributed by atoms with Gasteiger partial charge >= 0.3 is 11.9 Å². The van der Waals surface area contributed by atoms with Gasteiger partial charge in [-0.05, 0) is 32.8 Å². The van der Waals surface area contributed by atoms with Gasteiger partial charge in [-0.2, -0.15) is 0 Å². The van der Waals surface area contributed by atoms with Crippen molar-refractivity contribution >= 4 is 17.8 Å². The number of hydrogen-bond donors (Lipinski definition) is 1. The van der Waals surface area contributed by atoms with Crippen LogP contribution in [0.3, 0.4) is 0 Å². The Hall–Kier alpha value is -1.85. The van der Waals surface area contributed by atoms with Crippen molar-refractivity contribution in [2.24, 2.45) is 0 Å². The average molecular weight is 299 g/mol. The molecule has 1 atom stereocenters. The highest BCUT2D eigenvalue weighted by molar-refractivity contribution is 5.91. The van der Waals surface area contributed by atoms with Crippen LogP contribution in [0.15, 0.2) is 12.2 Å². The Labute approximate surface area is 125 Å². The Bertz CT molecular complexity index is 365. The Morgan fingerprint density at radius 1 is 1.10 bits per heavy atom. The first-order valence-electron chi connectivity index (χ1n) is 7.34. The van der Waals surface area contributed by atoms with Gasteiger partial charge in [-0.25, -0.2) is 4.79 Å². The molecule has 0 aromatic rings. The minimum Gasteiger partial charge on any atom is -0.466 e. The highest BCUT2D eigenvalue weighted by Crippen LogP contribution is 2.03. The third kappa shape index (κ3) is 9.65. The summed E-state index contributed by atoms with van der Waals surface area (Å²) in [5.41, 5.74) is 0. The van der Waals surface area contributed by atoms with Gasteiger partial charge in [-0.3, -0.25) is 9.59 Å². The average Bonchev–Trinajstić information content (AvgIpc) is 2.44. The van der Waals surface area contributed by atoms with Crippen LogP contribution in [0.2, 0.25) is 0 Å².